The number of anilines is 1. The average Bonchev–Trinajstić information content (AvgIpc) is 2.90. The minimum absolute atomic E-state index is 0.0182. The molecule has 0 atom stereocenters. The molecule has 0 unspecified atom stereocenters. The van der Waals surface area contributed by atoms with Gasteiger partial charge in [0.2, 0.25) is 0 Å². The second-order valence-corrected chi connectivity index (χ2v) is 6.11. The maximum Gasteiger partial charge on any atom is 0.264 e. The minimum atomic E-state index is -0.0565. The lowest BCUT2D eigenvalue weighted by atomic mass is 10.2. The zero-order valence-corrected chi connectivity index (χ0v) is 13.5. The Morgan fingerprint density at radius 1 is 1.29 bits per heavy atom. The van der Waals surface area contributed by atoms with Crippen LogP contribution >= 0.6 is 27.5 Å². The zero-order valence-electron chi connectivity index (χ0n) is 11.2. The Morgan fingerprint density at radius 2 is 2.10 bits per heavy atom. The highest BCUT2D eigenvalue weighted by molar-refractivity contribution is 9.10. The van der Waals surface area contributed by atoms with Gasteiger partial charge in [-0.05, 0) is 36.2 Å². The number of carbonyl (C=O) groups is 1. The Kier molecular flexibility index (Phi) is 4.17. The highest BCUT2D eigenvalue weighted by Gasteiger charge is 2.24. The van der Waals surface area contributed by atoms with Crippen LogP contribution in [0.2, 0.25) is 5.02 Å². The van der Waals surface area contributed by atoms with Crippen molar-refractivity contribution in [2.75, 3.05) is 18.1 Å². The number of ether oxygens (including phenoxy) is 1. The van der Waals surface area contributed by atoms with E-state index in [0.29, 0.717) is 17.3 Å². The molecule has 0 fully saturated rings. The molecular formula is C16H13BrClNO2. The Balaban J connectivity index is 1.68. The molecule has 0 spiro atoms. The smallest absolute Gasteiger partial charge is 0.264 e. The lowest BCUT2D eigenvalue weighted by molar-refractivity contribution is -0.120. The summed E-state index contributed by atoms with van der Waals surface area (Å²) in [4.78, 5) is 14.1. The van der Waals surface area contributed by atoms with Gasteiger partial charge in [0.1, 0.15) is 5.75 Å². The van der Waals surface area contributed by atoms with Crippen LogP contribution in [0.1, 0.15) is 5.56 Å². The molecule has 3 rings (SSSR count). The third-order valence-corrected chi connectivity index (χ3v) is 4.22. The molecule has 1 aliphatic heterocycles. The Bertz CT molecular complexity index is 690. The lowest BCUT2D eigenvalue weighted by Crippen LogP contribution is -2.33. The van der Waals surface area contributed by atoms with Crippen molar-refractivity contribution in [1.82, 2.24) is 0 Å². The number of amides is 1. The predicted octanol–water partition coefficient (Wildman–Crippen LogP) is 4.07. The number of halogens is 2. The van der Waals surface area contributed by atoms with Gasteiger partial charge in [-0.1, -0.05) is 45.7 Å². The molecule has 108 valence electrons. The molecule has 1 heterocycles. The molecule has 0 bridgehead atoms. The van der Waals surface area contributed by atoms with Crippen LogP contribution in [-0.2, 0) is 11.2 Å². The summed E-state index contributed by atoms with van der Waals surface area (Å²) in [5.41, 5.74) is 2.18. The van der Waals surface area contributed by atoms with Crippen molar-refractivity contribution in [3.8, 4) is 5.75 Å². The third-order valence-electron chi connectivity index (χ3n) is 3.43. The first kappa shape index (κ1) is 14.4. The van der Waals surface area contributed by atoms with Crippen LogP contribution < -0.4 is 9.64 Å². The van der Waals surface area contributed by atoms with E-state index in [4.69, 9.17) is 16.3 Å². The van der Waals surface area contributed by atoms with Gasteiger partial charge in [0.25, 0.3) is 5.91 Å². The predicted molar refractivity (Wildman–Crippen MR) is 87.1 cm³/mol. The first-order valence-corrected chi connectivity index (χ1v) is 7.78. The minimum Gasteiger partial charge on any atom is -0.482 e. The van der Waals surface area contributed by atoms with Crippen molar-refractivity contribution >= 4 is 39.1 Å². The van der Waals surface area contributed by atoms with Crippen LogP contribution in [0.25, 0.3) is 0 Å². The van der Waals surface area contributed by atoms with Crippen LogP contribution in [0.5, 0.6) is 5.75 Å². The molecular weight excluding hydrogens is 354 g/mol. The molecule has 0 N–H and O–H groups in total. The number of hydrogen-bond donors (Lipinski definition) is 0. The summed E-state index contributed by atoms with van der Waals surface area (Å²) < 4.78 is 6.41. The van der Waals surface area contributed by atoms with Gasteiger partial charge in [-0.3, -0.25) is 4.79 Å². The van der Waals surface area contributed by atoms with E-state index in [-0.39, 0.29) is 12.5 Å². The molecule has 2 aromatic rings. The SMILES string of the molecule is O=C(COc1ccc(Br)cc1Cl)N1CCc2ccccc21. The largest absolute Gasteiger partial charge is 0.482 e. The maximum atomic E-state index is 12.3. The first-order chi connectivity index (χ1) is 10.1. The molecule has 21 heavy (non-hydrogen) atoms. The van der Waals surface area contributed by atoms with E-state index >= 15 is 0 Å². The van der Waals surface area contributed by atoms with E-state index in [0.717, 1.165) is 16.6 Å². The molecule has 0 saturated carbocycles. The second kappa shape index (κ2) is 6.08. The van der Waals surface area contributed by atoms with Crippen LogP contribution in [0.4, 0.5) is 5.69 Å². The van der Waals surface area contributed by atoms with Gasteiger partial charge in [0, 0.05) is 16.7 Å². The van der Waals surface area contributed by atoms with Crippen molar-refractivity contribution < 1.29 is 9.53 Å². The average molecular weight is 367 g/mol. The van der Waals surface area contributed by atoms with Crippen molar-refractivity contribution in [3.05, 3.63) is 57.5 Å². The van der Waals surface area contributed by atoms with Gasteiger partial charge in [0.05, 0.1) is 5.02 Å². The zero-order chi connectivity index (χ0) is 14.8. The number of rotatable bonds is 3. The van der Waals surface area contributed by atoms with Crippen LogP contribution in [0.3, 0.4) is 0 Å². The van der Waals surface area contributed by atoms with Gasteiger partial charge < -0.3 is 9.64 Å². The summed E-state index contributed by atoms with van der Waals surface area (Å²) in [6, 6.07) is 13.3. The summed E-state index contributed by atoms with van der Waals surface area (Å²) >= 11 is 9.41. The van der Waals surface area contributed by atoms with Gasteiger partial charge in [0.15, 0.2) is 6.61 Å². The summed E-state index contributed by atoms with van der Waals surface area (Å²) in [5.74, 6) is 0.458. The molecule has 0 aromatic heterocycles. The molecule has 3 nitrogen and oxygen atoms in total. The second-order valence-electron chi connectivity index (χ2n) is 4.79. The van der Waals surface area contributed by atoms with Crippen LogP contribution in [0, 0.1) is 0 Å². The van der Waals surface area contributed by atoms with E-state index in [1.807, 2.05) is 24.3 Å². The number of nitrogens with zero attached hydrogens (tertiary/aromatic N) is 1. The summed E-state index contributed by atoms with van der Waals surface area (Å²) in [5, 5.41) is 0.485. The number of para-hydroxylation sites is 1. The summed E-state index contributed by atoms with van der Waals surface area (Å²) in [6.45, 7) is 0.686. The first-order valence-electron chi connectivity index (χ1n) is 6.61. The van der Waals surface area contributed by atoms with E-state index in [1.54, 1.807) is 17.0 Å². The third kappa shape index (κ3) is 3.06. The molecule has 1 amide bonds. The monoisotopic (exact) mass is 365 g/mol. The summed E-state index contributed by atoms with van der Waals surface area (Å²) in [6.07, 6.45) is 0.890. The van der Waals surface area contributed by atoms with Crippen LogP contribution in [0.15, 0.2) is 46.9 Å². The molecule has 1 aliphatic rings. The van der Waals surface area contributed by atoms with E-state index in [9.17, 15) is 4.79 Å². The van der Waals surface area contributed by atoms with E-state index < -0.39 is 0 Å². The highest BCUT2D eigenvalue weighted by Crippen LogP contribution is 2.29. The fraction of sp³-hybridized carbons (Fsp3) is 0.188. The standard InChI is InChI=1S/C16H13BrClNO2/c17-12-5-6-15(13(18)9-12)21-10-16(20)19-8-7-11-3-1-2-4-14(11)19/h1-6,9H,7-8,10H2. The van der Waals surface area contributed by atoms with Gasteiger partial charge in [-0.25, -0.2) is 0 Å². The van der Waals surface area contributed by atoms with E-state index in [2.05, 4.69) is 22.0 Å². The fourth-order valence-corrected chi connectivity index (χ4v) is 3.13. The Morgan fingerprint density at radius 3 is 2.90 bits per heavy atom. The molecule has 2 aromatic carbocycles. The summed E-state index contributed by atoms with van der Waals surface area (Å²) in [7, 11) is 0. The quantitative estimate of drug-likeness (QED) is 0.819. The van der Waals surface area contributed by atoms with Gasteiger partial charge in [-0.15, -0.1) is 0 Å². The number of carbonyl (C=O) groups excluding carboxylic acids is 1. The Hall–Kier alpha value is -1.52. The van der Waals surface area contributed by atoms with Crippen molar-refractivity contribution in [1.29, 1.82) is 0 Å². The van der Waals surface area contributed by atoms with Crippen LogP contribution in [-0.4, -0.2) is 19.1 Å². The van der Waals surface area contributed by atoms with Gasteiger partial charge >= 0.3 is 0 Å². The molecule has 0 radical (unpaired) electrons. The lowest BCUT2D eigenvalue weighted by Gasteiger charge is -2.17. The number of benzene rings is 2. The molecule has 0 aliphatic carbocycles. The topological polar surface area (TPSA) is 29.5 Å². The number of hydrogen-bond acceptors (Lipinski definition) is 2. The fourth-order valence-electron chi connectivity index (χ4n) is 2.41. The van der Waals surface area contributed by atoms with Crippen molar-refractivity contribution in [3.63, 3.8) is 0 Å². The molecule has 0 saturated heterocycles. The Labute approximate surface area is 136 Å². The highest BCUT2D eigenvalue weighted by atomic mass is 79.9. The van der Waals surface area contributed by atoms with E-state index in [1.165, 1.54) is 5.56 Å². The van der Waals surface area contributed by atoms with Gasteiger partial charge in [-0.2, -0.15) is 0 Å². The number of fused-ring (bicyclic) bond motifs is 1. The molecule has 5 heteroatoms. The normalized spacial score (nSPS) is 13.1. The maximum absolute atomic E-state index is 12.3. The van der Waals surface area contributed by atoms with Crippen molar-refractivity contribution in [2.45, 2.75) is 6.42 Å². The van der Waals surface area contributed by atoms with Crippen molar-refractivity contribution in [2.24, 2.45) is 0 Å².